The lowest BCUT2D eigenvalue weighted by Gasteiger charge is -2.34. The summed E-state index contributed by atoms with van der Waals surface area (Å²) in [5.41, 5.74) is 3.95. The summed E-state index contributed by atoms with van der Waals surface area (Å²) in [6, 6.07) is 4.87. The summed E-state index contributed by atoms with van der Waals surface area (Å²) >= 11 is 11.8. The van der Waals surface area contributed by atoms with Crippen LogP contribution in [0.3, 0.4) is 0 Å². The van der Waals surface area contributed by atoms with Crippen molar-refractivity contribution in [2.45, 2.75) is 46.5 Å². The van der Waals surface area contributed by atoms with E-state index in [4.69, 9.17) is 27.9 Å². The van der Waals surface area contributed by atoms with Gasteiger partial charge in [0.05, 0.1) is 5.02 Å². The molecular formula is C18H24Cl2N2O2. The average molecular weight is 371 g/mol. The molecular weight excluding hydrogens is 347 g/mol. The van der Waals surface area contributed by atoms with E-state index in [1.807, 2.05) is 0 Å². The number of nitrogens with zero attached hydrogens (tertiary/aromatic N) is 1. The van der Waals surface area contributed by atoms with Gasteiger partial charge >= 0.3 is 0 Å². The van der Waals surface area contributed by atoms with E-state index in [2.05, 4.69) is 31.3 Å². The highest BCUT2D eigenvalue weighted by Crippen LogP contribution is 2.36. The molecule has 0 bridgehead atoms. The minimum Gasteiger partial charge on any atom is -0.482 e. The van der Waals surface area contributed by atoms with Crippen molar-refractivity contribution in [3.05, 3.63) is 28.2 Å². The number of hydrogen-bond donors (Lipinski definition) is 1. The van der Waals surface area contributed by atoms with Gasteiger partial charge in [-0.2, -0.15) is 5.10 Å². The van der Waals surface area contributed by atoms with Gasteiger partial charge in [0.2, 0.25) is 0 Å². The molecule has 2 rings (SSSR count). The van der Waals surface area contributed by atoms with Gasteiger partial charge in [0.25, 0.3) is 5.91 Å². The molecule has 1 aliphatic rings. The number of carbonyl (C=O) groups excluding carboxylic acids is 1. The SMILES string of the molecule is CC(C)(C)C1CCC(=NNC(=O)COc2ccc(Cl)cc2Cl)CC1. The Kier molecular flexibility index (Phi) is 6.53. The van der Waals surface area contributed by atoms with Crippen LogP contribution in [0.2, 0.25) is 10.0 Å². The number of ether oxygens (including phenoxy) is 1. The highest BCUT2D eigenvalue weighted by Gasteiger charge is 2.28. The minimum absolute atomic E-state index is 0.136. The molecule has 0 aliphatic heterocycles. The van der Waals surface area contributed by atoms with Gasteiger partial charge in [0.1, 0.15) is 5.75 Å². The molecule has 1 fully saturated rings. The molecule has 6 heteroatoms. The van der Waals surface area contributed by atoms with Gasteiger partial charge in [0.15, 0.2) is 6.61 Å². The molecule has 0 spiro atoms. The third kappa shape index (κ3) is 5.67. The Morgan fingerprint density at radius 2 is 1.96 bits per heavy atom. The van der Waals surface area contributed by atoms with E-state index in [1.54, 1.807) is 18.2 Å². The van der Waals surface area contributed by atoms with Crippen LogP contribution < -0.4 is 10.2 Å². The third-order valence-electron chi connectivity index (χ3n) is 4.38. The Hall–Kier alpha value is -1.26. The molecule has 1 saturated carbocycles. The van der Waals surface area contributed by atoms with Crippen LogP contribution in [0, 0.1) is 11.3 Å². The maximum atomic E-state index is 11.8. The molecule has 1 N–H and O–H groups in total. The summed E-state index contributed by atoms with van der Waals surface area (Å²) < 4.78 is 5.38. The number of amides is 1. The zero-order chi connectivity index (χ0) is 17.7. The zero-order valence-corrected chi connectivity index (χ0v) is 15.9. The highest BCUT2D eigenvalue weighted by molar-refractivity contribution is 6.35. The Labute approximate surface area is 153 Å². The molecule has 1 aromatic carbocycles. The Bertz CT molecular complexity index is 614. The van der Waals surface area contributed by atoms with E-state index in [-0.39, 0.29) is 12.5 Å². The summed E-state index contributed by atoms with van der Waals surface area (Å²) in [5.74, 6) is 0.837. The molecule has 0 aromatic heterocycles. The Morgan fingerprint density at radius 1 is 1.29 bits per heavy atom. The van der Waals surface area contributed by atoms with Crippen LogP contribution in [0.1, 0.15) is 46.5 Å². The summed E-state index contributed by atoms with van der Waals surface area (Å²) in [6.45, 7) is 6.70. The second-order valence-corrected chi connectivity index (χ2v) is 8.06. The van der Waals surface area contributed by atoms with E-state index in [0.29, 0.717) is 27.1 Å². The van der Waals surface area contributed by atoms with Crippen LogP contribution in [0.5, 0.6) is 5.75 Å². The van der Waals surface area contributed by atoms with Crippen molar-refractivity contribution < 1.29 is 9.53 Å². The lowest BCUT2D eigenvalue weighted by Crippen LogP contribution is -2.29. The van der Waals surface area contributed by atoms with E-state index in [1.165, 1.54) is 0 Å². The van der Waals surface area contributed by atoms with E-state index >= 15 is 0 Å². The number of hydrogen-bond acceptors (Lipinski definition) is 3. The van der Waals surface area contributed by atoms with E-state index < -0.39 is 0 Å². The monoisotopic (exact) mass is 370 g/mol. The molecule has 1 aliphatic carbocycles. The first-order valence-electron chi connectivity index (χ1n) is 8.18. The van der Waals surface area contributed by atoms with Gasteiger partial charge in [-0.05, 0) is 55.2 Å². The van der Waals surface area contributed by atoms with Crippen LogP contribution in [-0.2, 0) is 4.79 Å². The van der Waals surface area contributed by atoms with E-state index in [0.717, 1.165) is 31.4 Å². The molecule has 0 radical (unpaired) electrons. The lowest BCUT2D eigenvalue weighted by molar-refractivity contribution is -0.123. The van der Waals surface area contributed by atoms with Gasteiger partial charge in [-0.1, -0.05) is 44.0 Å². The second kappa shape index (κ2) is 8.21. The van der Waals surface area contributed by atoms with E-state index in [9.17, 15) is 4.79 Å². The van der Waals surface area contributed by atoms with Crippen LogP contribution in [0.4, 0.5) is 0 Å². The predicted molar refractivity (Wildman–Crippen MR) is 98.9 cm³/mol. The van der Waals surface area contributed by atoms with Gasteiger partial charge in [-0.15, -0.1) is 0 Å². The molecule has 0 saturated heterocycles. The number of nitrogens with one attached hydrogen (secondary N) is 1. The molecule has 0 atom stereocenters. The molecule has 1 aromatic rings. The van der Waals surface area contributed by atoms with Gasteiger partial charge in [-0.25, -0.2) is 5.43 Å². The molecule has 24 heavy (non-hydrogen) atoms. The summed E-state index contributed by atoms with van der Waals surface area (Å²) in [6.07, 6.45) is 4.11. The van der Waals surface area contributed by atoms with Crippen molar-refractivity contribution >= 4 is 34.8 Å². The van der Waals surface area contributed by atoms with Crippen LogP contribution >= 0.6 is 23.2 Å². The fourth-order valence-corrected chi connectivity index (χ4v) is 3.30. The van der Waals surface area contributed by atoms with Crippen LogP contribution in [0.25, 0.3) is 0 Å². The Morgan fingerprint density at radius 3 is 2.54 bits per heavy atom. The maximum Gasteiger partial charge on any atom is 0.277 e. The maximum absolute atomic E-state index is 11.8. The fourth-order valence-electron chi connectivity index (χ4n) is 2.84. The van der Waals surface area contributed by atoms with Crippen molar-refractivity contribution in [1.82, 2.24) is 5.43 Å². The number of halogens is 2. The highest BCUT2D eigenvalue weighted by atomic mass is 35.5. The molecule has 1 amide bonds. The van der Waals surface area contributed by atoms with Gasteiger partial charge in [0, 0.05) is 10.7 Å². The first kappa shape index (κ1) is 19.1. The van der Waals surface area contributed by atoms with Crippen LogP contribution in [-0.4, -0.2) is 18.2 Å². The number of carbonyl (C=O) groups is 1. The molecule has 0 unspecified atom stereocenters. The van der Waals surface area contributed by atoms with Crippen molar-refractivity contribution in [2.75, 3.05) is 6.61 Å². The third-order valence-corrected chi connectivity index (χ3v) is 4.91. The first-order chi connectivity index (χ1) is 11.3. The van der Waals surface area contributed by atoms with Crippen molar-refractivity contribution in [3.63, 3.8) is 0 Å². The summed E-state index contributed by atoms with van der Waals surface area (Å²) in [7, 11) is 0. The summed E-state index contributed by atoms with van der Waals surface area (Å²) in [5, 5.41) is 5.13. The number of rotatable bonds is 4. The Balaban J connectivity index is 1.77. The minimum atomic E-state index is -0.300. The number of hydrazone groups is 1. The fraction of sp³-hybridized carbons (Fsp3) is 0.556. The topological polar surface area (TPSA) is 50.7 Å². The quantitative estimate of drug-likeness (QED) is 0.751. The smallest absolute Gasteiger partial charge is 0.277 e. The lowest BCUT2D eigenvalue weighted by atomic mass is 9.72. The standard InChI is InChI=1S/C18H24Cl2N2O2/c1-18(2,3)12-4-7-14(8-5-12)21-22-17(23)11-24-16-9-6-13(19)10-15(16)20/h6,9-10,12H,4-5,7-8,11H2,1-3H3,(H,22,23). The van der Waals surface area contributed by atoms with Crippen molar-refractivity contribution in [2.24, 2.45) is 16.4 Å². The normalized spacial score (nSPS) is 18.2. The van der Waals surface area contributed by atoms with Crippen molar-refractivity contribution in [3.8, 4) is 5.75 Å². The van der Waals surface area contributed by atoms with Gasteiger partial charge in [-0.3, -0.25) is 4.79 Å². The predicted octanol–water partition coefficient (Wildman–Crippen LogP) is 5.08. The molecule has 132 valence electrons. The summed E-state index contributed by atoms with van der Waals surface area (Å²) in [4.78, 5) is 11.8. The van der Waals surface area contributed by atoms with Gasteiger partial charge < -0.3 is 4.74 Å². The van der Waals surface area contributed by atoms with Crippen LogP contribution in [0.15, 0.2) is 23.3 Å². The molecule has 4 nitrogen and oxygen atoms in total. The first-order valence-corrected chi connectivity index (χ1v) is 8.93. The number of benzene rings is 1. The molecule has 0 heterocycles. The average Bonchev–Trinajstić information content (AvgIpc) is 2.51. The largest absolute Gasteiger partial charge is 0.482 e. The second-order valence-electron chi connectivity index (χ2n) is 7.22. The zero-order valence-electron chi connectivity index (χ0n) is 14.4. The van der Waals surface area contributed by atoms with Crippen molar-refractivity contribution in [1.29, 1.82) is 0 Å².